The van der Waals surface area contributed by atoms with Gasteiger partial charge in [-0.3, -0.25) is 0 Å². The first-order valence-electron chi connectivity index (χ1n) is 6.22. The molecule has 0 bridgehead atoms. The highest BCUT2D eigenvalue weighted by atomic mass is 16.3. The van der Waals surface area contributed by atoms with E-state index in [0.29, 0.717) is 0 Å². The second kappa shape index (κ2) is 3.47. The van der Waals surface area contributed by atoms with E-state index in [4.69, 9.17) is 0 Å². The van der Waals surface area contributed by atoms with Crippen LogP contribution < -0.4 is 0 Å². The van der Waals surface area contributed by atoms with E-state index in [0.717, 1.165) is 33.4 Å². The van der Waals surface area contributed by atoms with E-state index in [-0.39, 0.29) is 5.75 Å². The average Bonchev–Trinajstić information content (AvgIpc) is 2.71. The number of phenols is 1. The molecular formula is C16H12O3. The van der Waals surface area contributed by atoms with E-state index in [9.17, 15) is 15.3 Å². The van der Waals surface area contributed by atoms with Crippen LogP contribution in [0.25, 0.3) is 16.7 Å². The number of rotatable bonds is 0. The summed E-state index contributed by atoms with van der Waals surface area (Å²) in [4.78, 5) is 0. The summed E-state index contributed by atoms with van der Waals surface area (Å²) >= 11 is 0. The number of hydrogen-bond acceptors (Lipinski definition) is 3. The number of hydrogen-bond donors (Lipinski definition) is 3. The first-order valence-corrected chi connectivity index (χ1v) is 6.22. The minimum atomic E-state index is -0.911. The molecule has 0 amide bonds. The largest absolute Gasteiger partial charge is 0.508 e. The molecule has 0 saturated carbocycles. The molecule has 0 saturated heterocycles. The molecular weight excluding hydrogens is 240 g/mol. The molecule has 2 aliphatic rings. The Morgan fingerprint density at radius 2 is 1.74 bits per heavy atom. The molecule has 0 radical (unpaired) electrons. The standard InChI is InChI=1S/C16H12O3/c17-8-4-5-9-10-2-1-3-11-15(10)13(12(9)6-8)7-14(18)16(11)19/h1-7,14,16-19H. The number of phenolic OH excluding ortho intramolecular Hbond substituents is 1. The highest BCUT2D eigenvalue weighted by Crippen LogP contribution is 2.50. The predicted molar refractivity (Wildman–Crippen MR) is 71.6 cm³/mol. The Kier molecular flexibility index (Phi) is 1.97. The Balaban J connectivity index is 2.12. The first kappa shape index (κ1) is 10.8. The van der Waals surface area contributed by atoms with Crippen molar-refractivity contribution in [2.24, 2.45) is 0 Å². The van der Waals surface area contributed by atoms with Crippen LogP contribution in [0.4, 0.5) is 0 Å². The van der Waals surface area contributed by atoms with E-state index in [2.05, 4.69) is 0 Å². The van der Waals surface area contributed by atoms with Crippen molar-refractivity contribution >= 4 is 5.57 Å². The van der Waals surface area contributed by atoms with Gasteiger partial charge in [0.25, 0.3) is 0 Å². The number of benzene rings is 2. The van der Waals surface area contributed by atoms with Crippen molar-refractivity contribution in [3.05, 3.63) is 59.2 Å². The molecule has 3 N–H and O–H groups in total. The van der Waals surface area contributed by atoms with E-state index in [1.165, 1.54) is 0 Å². The SMILES string of the molecule is Oc1ccc2c(c1)C1=CC(O)C(O)c3cccc-2c31. The summed E-state index contributed by atoms with van der Waals surface area (Å²) < 4.78 is 0. The Bertz CT molecular complexity index is 731. The van der Waals surface area contributed by atoms with Crippen LogP contribution in [0.5, 0.6) is 5.75 Å². The molecule has 19 heavy (non-hydrogen) atoms. The molecule has 2 atom stereocenters. The van der Waals surface area contributed by atoms with Crippen LogP contribution in [-0.4, -0.2) is 21.4 Å². The Morgan fingerprint density at radius 3 is 2.58 bits per heavy atom. The first-order chi connectivity index (χ1) is 9.16. The normalized spacial score (nSPS) is 22.7. The molecule has 2 aromatic rings. The van der Waals surface area contributed by atoms with Crippen molar-refractivity contribution in [1.29, 1.82) is 0 Å². The molecule has 0 fully saturated rings. The highest BCUT2D eigenvalue weighted by Gasteiger charge is 2.34. The summed E-state index contributed by atoms with van der Waals surface area (Å²) in [6, 6.07) is 11.0. The summed E-state index contributed by atoms with van der Waals surface area (Å²) in [7, 11) is 0. The summed E-state index contributed by atoms with van der Waals surface area (Å²) in [6.45, 7) is 0. The Hall–Kier alpha value is -2.10. The predicted octanol–water partition coefficient (Wildman–Crippen LogP) is 2.21. The maximum Gasteiger partial charge on any atom is 0.116 e. The Labute approximate surface area is 110 Å². The quantitative estimate of drug-likeness (QED) is 0.575. The molecule has 94 valence electrons. The molecule has 3 nitrogen and oxygen atoms in total. The second-order valence-corrected chi connectivity index (χ2v) is 5.02. The molecule has 2 aliphatic carbocycles. The van der Waals surface area contributed by atoms with Gasteiger partial charge in [-0.25, -0.2) is 0 Å². The minimum Gasteiger partial charge on any atom is -0.508 e. The van der Waals surface area contributed by atoms with Crippen LogP contribution >= 0.6 is 0 Å². The van der Waals surface area contributed by atoms with Crippen molar-refractivity contribution in [3.8, 4) is 16.9 Å². The van der Waals surface area contributed by atoms with Gasteiger partial charge in [0, 0.05) is 0 Å². The van der Waals surface area contributed by atoms with Crippen molar-refractivity contribution < 1.29 is 15.3 Å². The number of aromatic hydroxyl groups is 1. The third-order valence-corrected chi connectivity index (χ3v) is 3.93. The van der Waals surface area contributed by atoms with E-state index in [1.54, 1.807) is 18.2 Å². The van der Waals surface area contributed by atoms with Gasteiger partial charge in [0.05, 0.1) is 0 Å². The van der Waals surface area contributed by atoms with Crippen LogP contribution in [0.15, 0.2) is 42.5 Å². The fourth-order valence-electron chi connectivity index (χ4n) is 3.09. The zero-order valence-electron chi connectivity index (χ0n) is 10.0. The molecule has 2 unspecified atom stereocenters. The smallest absolute Gasteiger partial charge is 0.116 e. The number of aliphatic hydroxyl groups excluding tert-OH is 2. The van der Waals surface area contributed by atoms with Gasteiger partial charge in [-0.15, -0.1) is 0 Å². The van der Waals surface area contributed by atoms with Crippen molar-refractivity contribution in [2.45, 2.75) is 12.2 Å². The molecule has 0 spiro atoms. The van der Waals surface area contributed by atoms with Crippen LogP contribution in [0.2, 0.25) is 0 Å². The molecule has 0 heterocycles. The van der Waals surface area contributed by atoms with Crippen molar-refractivity contribution in [2.75, 3.05) is 0 Å². The van der Waals surface area contributed by atoms with Crippen molar-refractivity contribution in [3.63, 3.8) is 0 Å². The van der Waals surface area contributed by atoms with Crippen LogP contribution in [0.1, 0.15) is 22.8 Å². The molecule has 0 aliphatic heterocycles. The minimum absolute atomic E-state index is 0.203. The summed E-state index contributed by atoms with van der Waals surface area (Å²) in [5.41, 5.74) is 5.61. The molecule has 3 heteroatoms. The van der Waals surface area contributed by atoms with Crippen LogP contribution in [-0.2, 0) is 0 Å². The maximum atomic E-state index is 10.1. The van der Waals surface area contributed by atoms with Crippen molar-refractivity contribution in [1.82, 2.24) is 0 Å². The monoisotopic (exact) mass is 252 g/mol. The molecule has 4 rings (SSSR count). The highest BCUT2D eigenvalue weighted by molar-refractivity contribution is 6.03. The lowest BCUT2D eigenvalue weighted by molar-refractivity contribution is 0.0467. The van der Waals surface area contributed by atoms with Crippen LogP contribution in [0.3, 0.4) is 0 Å². The second-order valence-electron chi connectivity index (χ2n) is 5.02. The lowest BCUT2D eigenvalue weighted by atomic mass is 9.87. The van der Waals surface area contributed by atoms with Gasteiger partial charge >= 0.3 is 0 Å². The third-order valence-electron chi connectivity index (χ3n) is 3.93. The number of fused-ring (bicyclic) bond motifs is 3. The van der Waals surface area contributed by atoms with Gasteiger partial charge in [-0.1, -0.05) is 24.3 Å². The van der Waals surface area contributed by atoms with Gasteiger partial charge < -0.3 is 15.3 Å². The zero-order chi connectivity index (χ0) is 13.1. The summed E-state index contributed by atoms with van der Waals surface area (Å²) in [5.74, 6) is 0.203. The van der Waals surface area contributed by atoms with Gasteiger partial charge in [-0.05, 0) is 51.6 Å². The Morgan fingerprint density at radius 1 is 0.895 bits per heavy atom. The average molecular weight is 252 g/mol. The van der Waals surface area contributed by atoms with Gasteiger partial charge in [-0.2, -0.15) is 0 Å². The molecule has 0 aromatic heterocycles. The summed E-state index contributed by atoms with van der Waals surface area (Å²) in [5, 5.41) is 29.7. The lowest BCUT2D eigenvalue weighted by Crippen LogP contribution is -2.20. The number of aliphatic hydroxyl groups is 2. The lowest BCUT2D eigenvalue weighted by Gasteiger charge is -2.24. The summed E-state index contributed by atoms with van der Waals surface area (Å²) in [6.07, 6.45) is -0.130. The van der Waals surface area contributed by atoms with E-state index < -0.39 is 12.2 Å². The zero-order valence-corrected chi connectivity index (χ0v) is 10.0. The fraction of sp³-hybridized carbons (Fsp3) is 0.125. The van der Waals surface area contributed by atoms with Gasteiger partial charge in [0.2, 0.25) is 0 Å². The fourth-order valence-corrected chi connectivity index (χ4v) is 3.09. The van der Waals surface area contributed by atoms with E-state index in [1.807, 2.05) is 24.3 Å². The van der Waals surface area contributed by atoms with Crippen LogP contribution in [0, 0.1) is 0 Å². The van der Waals surface area contributed by atoms with E-state index >= 15 is 0 Å². The van der Waals surface area contributed by atoms with Gasteiger partial charge in [0.15, 0.2) is 0 Å². The van der Waals surface area contributed by atoms with Gasteiger partial charge in [0.1, 0.15) is 18.0 Å². The third kappa shape index (κ3) is 1.28. The molecule has 2 aromatic carbocycles. The maximum absolute atomic E-state index is 10.1. The topological polar surface area (TPSA) is 60.7 Å².